The Kier molecular flexibility index (Phi) is 4.85. The lowest BCUT2D eigenvalue weighted by molar-refractivity contribution is -0.116. The number of rotatable bonds is 4. The summed E-state index contributed by atoms with van der Waals surface area (Å²) in [5, 5.41) is 7.12. The van der Waals surface area contributed by atoms with Crippen molar-refractivity contribution < 1.29 is 13.7 Å². The lowest BCUT2D eigenvalue weighted by Gasteiger charge is -2.08. The van der Waals surface area contributed by atoms with E-state index in [0.29, 0.717) is 16.3 Å². The maximum atomic E-state index is 13.6. The third-order valence-electron chi connectivity index (χ3n) is 4.33. The molecule has 29 heavy (non-hydrogen) atoms. The van der Waals surface area contributed by atoms with Crippen LogP contribution in [0.25, 0.3) is 22.4 Å². The zero-order valence-corrected chi connectivity index (χ0v) is 15.9. The lowest BCUT2D eigenvalue weighted by Crippen LogP contribution is -2.27. The predicted molar refractivity (Wildman–Crippen MR) is 106 cm³/mol. The highest BCUT2D eigenvalue weighted by molar-refractivity contribution is 6.31. The van der Waals surface area contributed by atoms with Crippen LogP contribution in [0.4, 0.5) is 10.1 Å². The van der Waals surface area contributed by atoms with Gasteiger partial charge in [-0.2, -0.15) is 0 Å². The van der Waals surface area contributed by atoms with Crippen LogP contribution in [0.15, 0.2) is 58.1 Å². The normalized spacial score (nSPS) is 11.0. The van der Waals surface area contributed by atoms with Gasteiger partial charge in [0.25, 0.3) is 11.3 Å². The van der Waals surface area contributed by atoms with Gasteiger partial charge < -0.3 is 9.84 Å². The Hall–Kier alpha value is -3.52. The van der Waals surface area contributed by atoms with Crippen molar-refractivity contribution in [3.05, 3.63) is 75.5 Å². The van der Waals surface area contributed by atoms with E-state index >= 15 is 0 Å². The Balaban J connectivity index is 1.65. The van der Waals surface area contributed by atoms with Gasteiger partial charge in [0.1, 0.15) is 29.8 Å². The number of hydrogen-bond acceptors (Lipinski definition) is 5. The summed E-state index contributed by atoms with van der Waals surface area (Å²) in [5.41, 5.74) is 1.42. The van der Waals surface area contributed by atoms with E-state index in [-0.39, 0.29) is 23.3 Å². The molecule has 0 fully saturated rings. The SMILES string of the molecule is Cc1ccc(NC(=O)Cn2cnc3onc(-c4cccc(F)c4)c3c2=O)cc1Cl. The van der Waals surface area contributed by atoms with Crippen molar-refractivity contribution in [2.24, 2.45) is 0 Å². The molecule has 2 aromatic carbocycles. The zero-order chi connectivity index (χ0) is 20.5. The molecule has 2 heterocycles. The standard InChI is InChI=1S/C20H14ClFN4O3/c1-11-5-6-14(8-15(11)21)24-16(27)9-26-10-23-19-17(20(26)28)18(25-29-19)12-3-2-4-13(22)7-12/h2-8,10H,9H2,1H3,(H,24,27). The van der Waals surface area contributed by atoms with E-state index in [2.05, 4.69) is 15.5 Å². The molecule has 2 aromatic heterocycles. The first-order chi connectivity index (χ1) is 13.9. The number of halogens is 2. The van der Waals surface area contributed by atoms with Crippen molar-refractivity contribution >= 4 is 34.3 Å². The maximum Gasteiger partial charge on any atom is 0.267 e. The van der Waals surface area contributed by atoms with Crippen LogP contribution in [-0.2, 0) is 11.3 Å². The van der Waals surface area contributed by atoms with E-state index in [1.165, 1.54) is 24.5 Å². The van der Waals surface area contributed by atoms with Crippen LogP contribution in [0.2, 0.25) is 5.02 Å². The second-order valence-electron chi connectivity index (χ2n) is 6.41. The quantitative estimate of drug-likeness (QED) is 0.550. The molecule has 9 heteroatoms. The molecular formula is C20H14ClFN4O3. The lowest BCUT2D eigenvalue weighted by atomic mass is 10.1. The number of aromatic nitrogens is 3. The number of hydrogen-bond donors (Lipinski definition) is 1. The molecule has 1 N–H and O–H groups in total. The van der Waals surface area contributed by atoms with E-state index in [0.717, 1.165) is 10.1 Å². The molecule has 146 valence electrons. The van der Waals surface area contributed by atoms with Crippen molar-refractivity contribution in [3.63, 3.8) is 0 Å². The van der Waals surface area contributed by atoms with E-state index in [4.69, 9.17) is 16.1 Å². The van der Waals surface area contributed by atoms with Gasteiger partial charge in [0.2, 0.25) is 5.91 Å². The summed E-state index contributed by atoms with van der Waals surface area (Å²) < 4.78 is 19.8. The molecule has 0 aliphatic rings. The largest absolute Gasteiger partial charge is 0.335 e. The minimum absolute atomic E-state index is 0.0104. The van der Waals surface area contributed by atoms with Crippen LogP contribution >= 0.6 is 11.6 Å². The molecule has 1 amide bonds. The first-order valence-corrected chi connectivity index (χ1v) is 8.97. The van der Waals surface area contributed by atoms with E-state index in [9.17, 15) is 14.0 Å². The first-order valence-electron chi connectivity index (χ1n) is 8.59. The molecular weight excluding hydrogens is 399 g/mol. The van der Waals surface area contributed by atoms with Crippen molar-refractivity contribution in [3.8, 4) is 11.3 Å². The minimum atomic E-state index is -0.521. The monoisotopic (exact) mass is 412 g/mol. The van der Waals surface area contributed by atoms with Gasteiger partial charge in [0.15, 0.2) is 0 Å². The van der Waals surface area contributed by atoms with Crippen LogP contribution in [-0.4, -0.2) is 20.6 Å². The third-order valence-corrected chi connectivity index (χ3v) is 4.74. The molecule has 0 aliphatic heterocycles. The number of nitrogens with one attached hydrogen (secondary N) is 1. The minimum Gasteiger partial charge on any atom is -0.335 e. The van der Waals surface area contributed by atoms with Crippen LogP contribution in [0.3, 0.4) is 0 Å². The van der Waals surface area contributed by atoms with E-state index in [1.807, 2.05) is 6.92 Å². The molecule has 4 aromatic rings. The average molecular weight is 413 g/mol. The smallest absolute Gasteiger partial charge is 0.267 e. The van der Waals surface area contributed by atoms with Crippen LogP contribution in [0, 0.1) is 12.7 Å². The highest BCUT2D eigenvalue weighted by Gasteiger charge is 2.18. The Labute approximate surface area is 168 Å². The molecule has 0 saturated carbocycles. The van der Waals surface area contributed by atoms with Gasteiger partial charge in [-0.15, -0.1) is 0 Å². The molecule has 7 nitrogen and oxygen atoms in total. The molecule has 0 unspecified atom stereocenters. The Morgan fingerprint density at radius 1 is 1.28 bits per heavy atom. The Bertz CT molecular complexity index is 1300. The summed E-state index contributed by atoms with van der Waals surface area (Å²) in [4.78, 5) is 29.3. The second-order valence-corrected chi connectivity index (χ2v) is 6.82. The number of aryl methyl sites for hydroxylation is 1. The van der Waals surface area contributed by atoms with Crippen LogP contribution in [0.1, 0.15) is 5.56 Å². The van der Waals surface area contributed by atoms with Gasteiger partial charge in [-0.05, 0) is 36.8 Å². The maximum absolute atomic E-state index is 13.6. The van der Waals surface area contributed by atoms with Crippen molar-refractivity contribution in [1.29, 1.82) is 0 Å². The number of carbonyl (C=O) groups is 1. The molecule has 4 rings (SSSR count). The Morgan fingerprint density at radius 2 is 2.10 bits per heavy atom. The molecule has 0 atom stereocenters. The molecule has 0 bridgehead atoms. The number of carbonyl (C=O) groups excluding carboxylic acids is 1. The molecule has 0 saturated heterocycles. The summed E-state index contributed by atoms with van der Waals surface area (Å²) in [6.45, 7) is 1.57. The fourth-order valence-corrected chi connectivity index (χ4v) is 3.03. The number of benzene rings is 2. The second kappa shape index (κ2) is 7.48. The first kappa shape index (κ1) is 18.8. The van der Waals surface area contributed by atoms with Gasteiger partial charge in [0, 0.05) is 16.3 Å². The summed E-state index contributed by atoms with van der Waals surface area (Å²) in [6, 6.07) is 10.7. The third kappa shape index (κ3) is 3.74. The van der Waals surface area contributed by atoms with Gasteiger partial charge in [-0.25, -0.2) is 9.37 Å². The number of nitrogens with zero attached hydrogens (tertiary/aromatic N) is 3. The van der Waals surface area contributed by atoms with E-state index in [1.54, 1.807) is 24.3 Å². The zero-order valence-electron chi connectivity index (χ0n) is 15.1. The summed E-state index contributed by atoms with van der Waals surface area (Å²) in [6.07, 6.45) is 1.20. The molecule has 0 aliphatic carbocycles. The Morgan fingerprint density at radius 3 is 2.86 bits per heavy atom. The highest BCUT2D eigenvalue weighted by atomic mass is 35.5. The fraction of sp³-hybridized carbons (Fsp3) is 0.100. The van der Waals surface area contributed by atoms with Gasteiger partial charge >= 0.3 is 0 Å². The number of anilines is 1. The molecule has 0 spiro atoms. The topological polar surface area (TPSA) is 90.0 Å². The van der Waals surface area contributed by atoms with Crippen LogP contribution in [0.5, 0.6) is 0 Å². The highest BCUT2D eigenvalue weighted by Crippen LogP contribution is 2.25. The van der Waals surface area contributed by atoms with Crippen molar-refractivity contribution in [1.82, 2.24) is 14.7 Å². The average Bonchev–Trinajstić information content (AvgIpc) is 3.12. The van der Waals surface area contributed by atoms with Gasteiger partial charge in [-0.3, -0.25) is 14.2 Å². The van der Waals surface area contributed by atoms with Crippen molar-refractivity contribution in [2.75, 3.05) is 5.32 Å². The van der Waals surface area contributed by atoms with E-state index < -0.39 is 17.3 Å². The number of fused-ring (bicyclic) bond motifs is 1. The predicted octanol–water partition coefficient (Wildman–Crippen LogP) is 3.79. The van der Waals surface area contributed by atoms with Gasteiger partial charge in [0.05, 0.1) is 0 Å². The summed E-state index contributed by atoms with van der Waals surface area (Å²) >= 11 is 6.06. The summed E-state index contributed by atoms with van der Waals surface area (Å²) in [7, 11) is 0. The number of amides is 1. The molecule has 0 radical (unpaired) electrons. The van der Waals surface area contributed by atoms with Gasteiger partial charge in [-0.1, -0.05) is 35.0 Å². The fourth-order valence-electron chi connectivity index (χ4n) is 2.85. The summed E-state index contributed by atoms with van der Waals surface area (Å²) in [5.74, 6) is -0.907. The van der Waals surface area contributed by atoms with Crippen LogP contribution < -0.4 is 10.9 Å². The van der Waals surface area contributed by atoms with Crippen molar-refractivity contribution in [2.45, 2.75) is 13.5 Å².